The van der Waals surface area contributed by atoms with E-state index < -0.39 is 0 Å². The fourth-order valence-corrected chi connectivity index (χ4v) is 1.86. The third-order valence-corrected chi connectivity index (χ3v) is 2.44. The molecule has 0 aromatic heterocycles. The van der Waals surface area contributed by atoms with E-state index in [2.05, 4.69) is 0 Å². The van der Waals surface area contributed by atoms with Crippen molar-refractivity contribution in [2.75, 3.05) is 6.61 Å². The molecule has 1 heterocycles. The lowest BCUT2D eigenvalue weighted by Crippen LogP contribution is -2.06. The molecule has 0 spiro atoms. The predicted octanol–water partition coefficient (Wildman–Crippen LogP) is -1.15. The number of rotatable bonds is 0. The summed E-state index contributed by atoms with van der Waals surface area (Å²) < 4.78 is 5.21. The summed E-state index contributed by atoms with van der Waals surface area (Å²) in [5, 5.41) is 0. The van der Waals surface area contributed by atoms with Gasteiger partial charge in [0.25, 0.3) is 0 Å². The molecule has 44 valence electrons. The van der Waals surface area contributed by atoms with Gasteiger partial charge in [-0.2, -0.15) is 0 Å². The molecule has 0 aromatic rings. The van der Waals surface area contributed by atoms with E-state index >= 15 is 0 Å². The Kier molecular flexibility index (Phi) is 4.81. The van der Waals surface area contributed by atoms with E-state index in [-0.39, 0.29) is 20.7 Å². The van der Waals surface area contributed by atoms with Crippen molar-refractivity contribution < 1.29 is 4.43 Å². The molecule has 0 aromatic carbocycles. The van der Waals surface area contributed by atoms with Crippen LogP contribution in [0.5, 0.6) is 0 Å². The topological polar surface area (TPSA) is 9.23 Å². The summed E-state index contributed by atoms with van der Waals surface area (Å²) in [4.78, 5) is 0. The molecular weight excluding hydrogens is 120 g/mol. The van der Waals surface area contributed by atoms with Crippen molar-refractivity contribution in [2.24, 2.45) is 0 Å². The molecule has 1 fully saturated rings. The molecule has 0 bridgehead atoms. The highest BCUT2D eigenvalue weighted by Gasteiger charge is 1.96. The van der Waals surface area contributed by atoms with Crippen molar-refractivity contribution in [3.05, 3.63) is 0 Å². The lowest BCUT2D eigenvalue weighted by molar-refractivity contribution is 0.304. The van der Waals surface area contributed by atoms with Gasteiger partial charge >= 0.3 is 0 Å². The fourth-order valence-electron chi connectivity index (χ4n) is 0.687. The fraction of sp³-hybridized carbons (Fsp3) is 1.00. The second-order valence-corrected chi connectivity index (χ2v) is 3.20. The van der Waals surface area contributed by atoms with Gasteiger partial charge in [0.2, 0.25) is 0 Å². The zero-order valence-electron chi connectivity index (χ0n) is 3.94. The van der Waals surface area contributed by atoms with Crippen LogP contribution in [0.3, 0.4) is 0 Å². The average molecular weight is 134 g/mol. The monoisotopic (exact) mass is 134 g/mol. The van der Waals surface area contributed by atoms with Crippen molar-refractivity contribution in [3.8, 4) is 0 Å². The average Bonchev–Trinajstić information content (AvgIpc) is 1.72. The first-order chi connectivity index (χ1) is 3.00. The summed E-state index contributed by atoms with van der Waals surface area (Å²) in [6, 6.07) is 1.42. The van der Waals surface area contributed by atoms with Crippen LogP contribution in [0.1, 0.15) is 12.8 Å². The van der Waals surface area contributed by atoms with Crippen molar-refractivity contribution in [1.82, 2.24) is 0 Å². The van der Waals surface area contributed by atoms with E-state index in [1.807, 2.05) is 0 Å². The van der Waals surface area contributed by atoms with Gasteiger partial charge in [0.15, 0.2) is 9.76 Å². The molecule has 0 amide bonds. The Balaban J connectivity index is 0.000000360. The highest BCUT2D eigenvalue weighted by atomic mass is 28.2. The van der Waals surface area contributed by atoms with Crippen LogP contribution in [-0.4, -0.2) is 27.3 Å². The van der Waals surface area contributed by atoms with Crippen molar-refractivity contribution in [1.29, 1.82) is 0 Å². The van der Waals surface area contributed by atoms with Gasteiger partial charge in [-0.05, 0) is 23.4 Å². The summed E-state index contributed by atoms with van der Waals surface area (Å²) >= 11 is 0. The van der Waals surface area contributed by atoms with E-state index in [9.17, 15) is 0 Å². The molecule has 0 atom stereocenters. The van der Waals surface area contributed by atoms with Gasteiger partial charge in [0.05, 0.1) is 0 Å². The van der Waals surface area contributed by atoms with Crippen LogP contribution in [0.4, 0.5) is 0 Å². The van der Waals surface area contributed by atoms with Crippen molar-refractivity contribution in [3.63, 3.8) is 0 Å². The Morgan fingerprint density at radius 3 is 2.29 bits per heavy atom. The maximum atomic E-state index is 5.21. The van der Waals surface area contributed by atoms with E-state index in [0.29, 0.717) is 0 Å². The first kappa shape index (κ1) is 7.39. The van der Waals surface area contributed by atoms with Crippen LogP contribution in [0, 0.1) is 0 Å². The lowest BCUT2D eigenvalue weighted by atomic mass is 10.4. The van der Waals surface area contributed by atoms with Crippen LogP contribution in [0.25, 0.3) is 0 Å². The zero-order chi connectivity index (χ0) is 4.24. The molecule has 0 saturated carbocycles. The van der Waals surface area contributed by atoms with E-state index in [4.69, 9.17) is 4.43 Å². The maximum Gasteiger partial charge on any atom is 0.161 e. The van der Waals surface area contributed by atoms with E-state index in [0.717, 1.165) is 6.61 Å². The third-order valence-electron chi connectivity index (χ3n) is 1.08. The molecular formula is C4H14OSi2. The second-order valence-electron chi connectivity index (χ2n) is 1.67. The third kappa shape index (κ3) is 3.02. The summed E-state index contributed by atoms with van der Waals surface area (Å²) in [5.74, 6) is 0. The van der Waals surface area contributed by atoms with Crippen LogP contribution in [-0.2, 0) is 4.43 Å². The Morgan fingerprint density at radius 1 is 1.29 bits per heavy atom. The number of hydrogen-bond acceptors (Lipinski definition) is 1. The number of hydrogen-bond donors (Lipinski definition) is 0. The predicted molar refractivity (Wildman–Crippen MR) is 39.9 cm³/mol. The quantitative estimate of drug-likeness (QED) is 0.380. The van der Waals surface area contributed by atoms with Gasteiger partial charge < -0.3 is 4.43 Å². The van der Waals surface area contributed by atoms with E-state index in [1.54, 1.807) is 0 Å². The Labute approximate surface area is 51.4 Å². The minimum absolute atomic E-state index is 0. The molecule has 7 heavy (non-hydrogen) atoms. The van der Waals surface area contributed by atoms with E-state index in [1.165, 1.54) is 18.9 Å². The first-order valence-corrected chi connectivity index (χ1v) is 4.15. The molecule has 1 saturated heterocycles. The van der Waals surface area contributed by atoms with Crippen LogP contribution < -0.4 is 0 Å². The van der Waals surface area contributed by atoms with Gasteiger partial charge in [-0.25, -0.2) is 0 Å². The molecule has 1 rings (SSSR count). The zero-order valence-corrected chi connectivity index (χ0v) is 5.36. The normalized spacial score (nSPS) is 24.0. The Morgan fingerprint density at radius 2 is 2.14 bits per heavy atom. The summed E-state index contributed by atoms with van der Waals surface area (Å²) in [5.41, 5.74) is 0. The molecule has 1 aliphatic heterocycles. The van der Waals surface area contributed by atoms with Gasteiger partial charge in [-0.1, -0.05) is 6.42 Å². The van der Waals surface area contributed by atoms with Crippen molar-refractivity contribution >= 4 is 20.7 Å². The minimum atomic E-state index is 0. The maximum absolute atomic E-state index is 5.21. The van der Waals surface area contributed by atoms with Crippen LogP contribution in [0.15, 0.2) is 0 Å². The molecule has 0 radical (unpaired) electrons. The first-order valence-electron chi connectivity index (χ1n) is 2.58. The molecule has 0 aliphatic carbocycles. The smallest absolute Gasteiger partial charge is 0.161 e. The minimum Gasteiger partial charge on any atom is -0.424 e. The standard InChI is InChI=1S/C4H10OSi.H4Si/c1-2-4-6-5-3-1;/h1-4,6H2;1H4. The highest BCUT2D eigenvalue weighted by molar-refractivity contribution is 6.27. The van der Waals surface area contributed by atoms with Crippen LogP contribution in [0.2, 0.25) is 6.04 Å². The SMILES string of the molecule is C1CC[SiH2]OC1.[SiH4]. The van der Waals surface area contributed by atoms with Gasteiger partial charge in [0, 0.05) is 6.61 Å². The molecule has 0 N–H and O–H groups in total. The van der Waals surface area contributed by atoms with Gasteiger partial charge in [-0.15, -0.1) is 0 Å². The van der Waals surface area contributed by atoms with Gasteiger partial charge in [-0.3, -0.25) is 0 Å². The molecule has 1 nitrogen and oxygen atoms in total. The summed E-state index contributed by atoms with van der Waals surface area (Å²) in [7, 11) is 0.00849. The largest absolute Gasteiger partial charge is 0.424 e. The van der Waals surface area contributed by atoms with Crippen molar-refractivity contribution in [2.45, 2.75) is 18.9 Å². The lowest BCUT2D eigenvalue weighted by Gasteiger charge is -2.07. The highest BCUT2D eigenvalue weighted by Crippen LogP contribution is 2.01. The second kappa shape index (κ2) is 4.55. The van der Waals surface area contributed by atoms with Crippen LogP contribution >= 0.6 is 0 Å². The summed E-state index contributed by atoms with van der Waals surface area (Å²) in [6.45, 7) is 1.06. The van der Waals surface area contributed by atoms with Gasteiger partial charge in [0.1, 0.15) is 0 Å². The molecule has 3 heteroatoms. The molecule has 1 aliphatic rings. The Bertz CT molecular complexity index is 25.2. The Hall–Kier alpha value is 0.394. The molecule has 0 unspecified atom stereocenters. The summed E-state index contributed by atoms with van der Waals surface area (Å²) in [6.07, 6.45) is 2.75.